The van der Waals surface area contributed by atoms with E-state index in [0.717, 1.165) is 0 Å². The summed E-state index contributed by atoms with van der Waals surface area (Å²) in [4.78, 5) is 28.8. The van der Waals surface area contributed by atoms with E-state index >= 15 is 0 Å². The van der Waals surface area contributed by atoms with Crippen molar-refractivity contribution in [2.75, 3.05) is 5.32 Å². The zero-order chi connectivity index (χ0) is 27.9. The molecule has 0 aliphatic carbocycles. The SMILES string of the molecule is CC(=O)Nc1ccn([C@@H]2O[C@H](C3(C(C)(C)C)O[SiH2]3)[C@](O)(C(C)(C)C)[C@]2(O)[Si](C)(C)C(C)(C)C)c(=O)n1. The first-order valence-electron chi connectivity index (χ1n) is 12.6. The Balaban J connectivity index is 2.37. The summed E-state index contributed by atoms with van der Waals surface area (Å²) in [6, 6.07) is 1.50. The van der Waals surface area contributed by atoms with E-state index in [1.165, 1.54) is 23.8 Å². The maximum atomic E-state index is 13.3. The first-order valence-corrected chi connectivity index (χ1v) is 16.9. The number of anilines is 1. The van der Waals surface area contributed by atoms with Gasteiger partial charge >= 0.3 is 5.69 Å². The van der Waals surface area contributed by atoms with Gasteiger partial charge in [0.25, 0.3) is 0 Å². The van der Waals surface area contributed by atoms with Crippen LogP contribution in [0.1, 0.15) is 75.5 Å². The van der Waals surface area contributed by atoms with Crippen LogP contribution in [-0.2, 0) is 14.0 Å². The van der Waals surface area contributed by atoms with E-state index in [9.17, 15) is 19.8 Å². The molecule has 36 heavy (non-hydrogen) atoms. The lowest BCUT2D eigenvalue weighted by atomic mass is 9.66. The summed E-state index contributed by atoms with van der Waals surface area (Å²) in [6.07, 6.45) is -0.580. The fourth-order valence-corrected chi connectivity index (χ4v) is 10.8. The van der Waals surface area contributed by atoms with Crippen LogP contribution < -0.4 is 11.0 Å². The lowest BCUT2D eigenvalue weighted by Crippen LogP contribution is -2.78. The molecule has 1 unspecified atom stereocenters. The van der Waals surface area contributed by atoms with E-state index in [4.69, 9.17) is 9.16 Å². The minimum Gasteiger partial charge on any atom is -0.413 e. The number of aliphatic hydroxyl groups is 2. The molecule has 2 fully saturated rings. The lowest BCUT2D eigenvalue weighted by Gasteiger charge is -2.59. The Labute approximate surface area is 217 Å². The van der Waals surface area contributed by atoms with Crippen molar-refractivity contribution in [1.82, 2.24) is 9.55 Å². The summed E-state index contributed by atoms with van der Waals surface area (Å²) in [5.74, 6) is -0.232. The van der Waals surface area contributed by atoms with E-state index in [1.807, 2.05) is 33.9 Å². The Kier molecular flexibility index (Phi) is 6.74. The van der Waals surface area contributed by atoms with Crippen LogP contribution >= 0.6 is 0 Å². The van der Waals surface area contributed by atoms with Crippen molar-refractivity contribution in [3.63, 3.8) is 0 Å². The largest absolute Gasteiger partial charge is 0.413 e. The molecule has 1 aromatic heterocycles. The molecule has 0 radical (unpaired) electrons. The number of aromatic nitrogens is 2. The molecule has 3 rings (SSSR count). The third-order valence-corrected chi connectivity index (χ3v) is 17.7. The summed E-state index contributed by atoms with van der Waals surface area (Å²) in [7, 11) is -3.99. The van der Waals surface area contributed by atoms with Crippen molar-refractivity contribution in [3.8, 4) is 0 Å². The number of carbonyl (C=O) groups excluding carboxylic acids is 1. The van der Waals surface area contributed by atoms with Crippen LogP contribution in [0.2, 0.25) is 18.1 Å². The van der Waals surface area contributed by atoms with Crippen molar-refractivity contribution >= 4 is 29.6 Å². The third-order valence-electron chi connectivity index (χ3n) is 9.09. The number of hydrogen-bond acceptors (Lipinski definition) is 7. The molecule has 204 valence electrons. The Morgan fingerprint density at radius 3 is 2.00 bits per heavy atom. The van der Waals surface area contributed by atoms with Gasteiger partial charge in [-0.1, -0.05) is 75.4 Å². The maximum Gasteiger partial charge on any atom is 0.351 e. The van der Waals surface area contributed by atoms with E-state index in [1.54, 1.807) is 0 Å². The van der Waals surface area contributed by atoms with Crippen LogP contribution in [0, 0.1) is 10.8 Å². The van der Waals surface area contributed by atoms with E-state index in [-0.39, 0.29) is 22.2 Å². The zero-order valence-corrected chi connectivity index (χ0v) is 26.4. The molecule has 9 nitrogen and oxygen atoms in total. The highest BCUT2D eigenvalue weighted by Gasteiger charge is 2.83. The van der Waals surface area contributed by atoms with Crippen LogP contribution in [0.4, 0.5) is 5.82 Å². The topological polar surface area (TPSA) is 126 Å². The summed E-state index contributed by atoms with van der Waals surface area (Å²) in [5.41, 5.74) is -3.62. The first kappa shape index (κ1) is 29.2. The molecular weight excluding hydrogens is 494 g/mol. The van der Waals surface area contributed by atoms with E-state index in [0.29, 0.717) is 0 Å². The van der Waals surface area contributed by atoms with Crippen LogP contribution in [0.5, 0.6) is 0 Å². The van der Waals surface area contributed by atoms with Gasteiger partial charge in [0.2, 0.25) is 5.91 Å². The lowest BCUT2D eigenvalue weighted by molar-refractivity contribution is -0.189. The average molecular weight is 540 g/mol. The minimum atomic E-state index is -2.92. The van der Waals surface area contributed by atoms with Gasteiger partial charge in [-0.3, -0.25) is 9.36 Å². The van der Waals surface area contributed by atoms with Crippen molar-refractivity contribution in [3.05, 3.63) is 22.7 Å². The third kappa shape index (κ3) is 3.89. The van der Waals surface area contributed by atoms with Crippen molar-refractivity contribution in [2.24, 2.45) is 10.8 Å². The quantitative estimate of drug-likeness (QED) is 0.396. The standard InChI is InChI=1S/C25H45N3O6Si2/c1-15(29)26-16-13-14-28(19(30)27-16)18-24(32,36(11,12)22(8,9)10)23(31,20(2,3)4)17(33-18)25(34-35-25)21(5,6)7/h13-14,17-18,31-32H,35H2,1-12H3,(H,26,27,29,30)/t17-,18+,23-,24+,25?/m0/s1. The summed E-state index contributed by atoms with van der Waals surface area (Å²) >= 11 is 0. The number of rotatable bonds is 4. The van der Waals surface area contributed by atoms with Crippen LogP contribution in [0.3, 0.4) is 0 Å². The first-order chi connectivity index (χ1) is 16.0. The Morgan fingerprint density at radius 1 is 1.11 bits per heavy atom. The van der Waals surface area contributed by atoms with Gasteiger partial charge < -0.3 is 24.7 Å². The number of nitrogens with zero attached hydrogens (tertiary/aromatic N) is 2. The van der Waals surface area contributed by atoms with Crippen LogP contribution in [-0.4, -0.2) is 65.7 Å². The van der Waals surface area contributed by atoms with Gasteiger partial charge in [-0.25, -0.2) is 4.79 Å². The highest BCUT2D eigenvalue weighted by atomic mass is 28.3. The molecule has 1 amide bonds. The molecule has 3 heterocycles. The average Bonchev–Trinajstić information content (AvgIpc) is 3.44. The van der Waals surface area contributed by atoms with Crippen molar-refractivity contribution < 1.29 is 24.2 Å². The zero-order valence-electron chi connectivity index (χ0n) is 23.9. The molecule has 0 aromatic carbocycles. The number of ether oxygens (including phenoxy) is 1. The summed E-state index contributed by atoms with van der Waals surface area (Å²) in [6.45, 7) is 23.5. The molecule has 11 heteroatoms. The van der Waals surface area contributed by atoms with Gasteiger partial charge in [0.1, 0.15) is 36.0 Å². The Morgan fingerprint density at radius 2 is 1.64 bits per heavy atom. The fraction of sp³-hybridized carbons (Fsp3) is 0.800. The van der Waals surface area contributed by atoms with Gasteiger partial charge in [0.05, 0.1) is 0 Å². The van der Waals surface area contributed by atoms with E-state index < -0.39 is 57.3 Å². The normalized spacial score (nSPS) is 34.2. The Hall–Kier alpha value is -1.38. The molecule has 0 spiro atoms. The second kappa shape index (κ2) is 8.31. The van der Waals surface area contributed by atoms with Crippen LogP contribution in [0.15, 0.2) is 17.1 Å². The van der Waals surface area contributed by atoms with Crippen molar-refractivity contribution in [2.45, 2.75) is 116 Å². The van der Waals surface area contributed by atoms with Gasteiger partial charge in [-0.15, -0.1) is 0 Å². The van der Waals surface area contributed by atoms with Crippen LogP contribution in [0.25, 0.3) is 0 Å². The smallest absolute Gasteiger partial charge is 0.351 e. The predicted octanol–water partition coefficient (Wildman–Crippen LogP) is 2.51. The second-order valence-corrected chi connectivity index (χ2v) is 21.3. The van der Waals surface area contributed by atoms with Gasteiger partial charge in [-0.2, -0.15) is 4.98 Å². The molecule has 0 bridgehead atoms. The van der Waals surface area contributed by atoms with Gasteiger partial charge in [-0.05, 0) is 21.9 Å². The minimum absolute atomic E-state index is 0.115. The fourth-order valence-electron chi connectivity index (χ4n) is 5.65. The van der Waals surface area contributed by atoms with E-state index in [2.05, 4.69) is 51.8 Å². The monoisotopic (exact) mass is 539 g/mol. The molecule has 0 saturated carbocycles. The van der Waals surface area contributed by atoms with Crippen molar-refractivity contribution in [1.29, 1.82) is 0 Å². The second-order valence-electron chi connectivity index (χ2n) is 14.1. The molecular formula is C25H45N3O6Si2. The maximum absolute atomic E-state index is 13.3. The molecule has 5 atom stereocenters. The highest BCUT2D eigenvalue weighted by molar-refractivity contribution is 6.83. The number of amides is 1. The molecule has 2 aliphatic heterocycles. The van der Waals surface area contributed by atoms with Gasteiger partial charge in [0.15, 0.2) is 16.0 Å². The molecule has 1 aromatic rings. The molecule has 3 N–H and O–H groups in total. The summed E-state index contributed by atoms with van der Waals surface area (Å²) < 4.78 is 14.2. The Bertz CT molecular complexity index is 1100. The highest BCUT2D eigenvalue weighted by Crippen LogP contribution is 2.66. The number of hydrogen-bond donors (Lipinski definition) is 3. The number of carbonyl (C=O) groups is 1. The number of nitrogens with one attached hydrogen (secondary N) is 1. The summed E-state index contributed by atoms with van der Waals surface area (Å²) in [5, 5.41) is 25.7. The molecule has 2 saturated heterocycles. The molecule has 2 aliphatic rings. The van der Waals surface area contributed by atoms with Gasteiger partial charge in [0, 0.05) is 13.1 Å². The predicted molar refractivity (Wildman–Crippen MR) is 145 cm³/mol.